The first-order valence-electron chi connectivity index (χ1n) is 6.53. The third-order valence-corrected chi connectivity index (χ3v) is 3.83. The van der Waals surface area contributed by atoms with Gasteiger partial charge in [-0.2, -0.15) is 5.10 Å². The molecule has 6 nitrogen and oxygen atoms in total. The van der Waals surface area contributed by atoms with Crippen LogP contribution in [0.15, 0.2) is 11.4 Å². The number of thiazole rings is 1. The Kier molecular flexibility index (Phi) is 4.51. The minimum absolute atomic E-state index is 0.167. The number of anilines is 1. The van der Waals surface area contributed by atoms with Crippen LogP contribution in [0.4, 0.5) is 5.13 Å². The van der Waals surface area contributed by atoms with Crippen molar-refractivity contribution in [3.8, 4) is 0 Å². The van der Waals surface area contributed by atoms with Gasteiger partial charge in [-0.15, -0.1) is 11.3 Å². The molecule has 0 spiro atoms. The van der Waals surface area contributed by atoms with E-state index in [2.05, 4.69) is 20.7 Å². The van der Waals surface area contributed by atoms with E-state index in [0.717, 1.165) is 11.4 Å². The molecule has 2 heterocycles. The molecule has 0 saturated heterocycles. The van der Waals surface area contributed by atoms with Crippen molar-refractivity contribution in [2.24, 2.45) is 0 Å². The van der Waals surface area contributed by atoms with Crippen molar-refractivity contribution in [3.05, 3.63) is 28.5 Å². The minimum atomic E-state index is -0.175. The van der Waals surface area contributed by atoms with Crippen LogP contribution in [-0.4, -0.2) is 27.7 Å². The molecule has 2 aromatic heterocycles. The SMILES string of the molecule is CCn1nc(C)cc1C(=O)Nc1nc(C(C)NC)cs1. The highest BCUT2D eigenvalue weighted by molar-refractivity contribution is 7.14. The first-order valence-corrected chi connectivity index (χ1v) is 7.41. The first kappa shape index (κ1) is 14.7. The molecule has 2 rings (SSSR count). The normalized spacial score (nSPS) is 12.4. The van der Waals surface area contributed by atoms with Crippen molar-refractivity contribution in [1.29, 1.82) is 0 Å². The summed E-state index contributed by atoms with van der Waals surface area (Å²) in [6.45, 7) is 6.52. The van der Waals surface area contributed by atoms with Gasteiger partial charge in [-0.05, 0) is 33.9 Å². The molecular formula is C13H19N5OS. The second kappa shape index (κ2) is 6.15. The molecule has 0 radical (unpaired) electrons. The quantitative estimate of drug-likeness (QED) is 0.886. The van der Waals surface area contributed by atoms with Crippen LogP contribution >= 0.6 is 11.3 Å². The maximum atomic E-state index is 12.2. The molecule has 108 valence electrons. The molecular weight excluding hydrogens is 274 g/mol. The van der Waals surface area contributed by atoms with Crippen LogP contribution in [0.25, 0.3) is 0 Å². The molecule has 20 heavy (non-hydrogen) atoms. The van der Waals surface area contributed by atoms with Gasteiger partial charge in [0, 0.05) is 18.0 Å². The molecule has 1 atom stereocenters. The predicted molar refractivity (Wildman–Crippen MR) is 80.2 cm³/mol. The zero-order chi connectivity index (χ0) is 14.7. The fourth-order valence-corrected chi connectivity index (χ4v) is 2.62. The van der Waals surface area contributed by atoms with Gasteiger partial charge in [-0.3, -0.25) is 14.8 Å². The van der Waals surface area contributed by atoms with Crippen LogP contribution in [-0.2, 0) is 6.54 Å². The Balaban J connectivity index is 2.13. The Hall–Kier alpha value is -1.73. The average Bonchev–Trinajstić information content (AvgIpc) is 3.04. The van der Waals surface area contributed by atoms with Gasteiger partial charge in [0.05, 0.1) is 11.4 Å². The van der Waals surface area contributed by atoms with Crippen molar-refractivity contribution in [1.82, 2.24) is 20.1 Å². The highest BCUT2D eigenvalue weighted by Gasteiger charge is 2.15. The Morgan fingerprint density at radius 1 is 1.55 bits per heavy atom. The summed E-state index contributed by atoms with van der Waals surface area (Å²) < 4.78 is 1.69. The van der Waals surface area contributed by atoms with E-state index in [-0.39, 0.29) is 11.9 Å². The van der Waals surface area contributed by atoms with Crippen molar-refractivity contribution >= 4 is 22.4 Å². The van der Waals surface area contributed by atoms with Crippen molar-refractivity contribution < 1.29 is 4.79 Å². The molecule has 0 aliphatic carbocycles. The molecule has 0 aromatic carbocycles. The fraction of sp³-hybridized carbons (Fsp3) is 0.462. The van der Waals surface area contributed by atoms with Gasteiger partial charge < -0.3 is 5.32 Å². The van der Waals surface area contributed by atoms with Gasteiger partial charge in [0.15, 0.2) is 5.13 Å². The third kappa shape index (κ3) is 3.05. The minimum Gasteiger partial charge on any atom is -0.312 e. The third-order valence-electron chi connectivity index (χ3n) is 3.05. The van der Waals surface area contributed by atoms with E-state index >= 15 is 0 Å². The summed E-state index contributed by atoms with van der Waals surface area (Å²) in [5.41, 5.74) is 2.32. The molecule has 1 unspecified atom stereocenters. The monoisotopic (exact) mass is 293 g/mol. The van der Waals surface area contributed by atoms with Gasteiger partial charge in [-0.25, -0.2) is 4.98 Å². The highest BCUT2D eigenvalue weighted by Crippen LogP contribution is 2.21. The Bertz CT molecular complexity index is 604. The summed E-state index contributed by atoms with van der Waals surface area (Å²) in [6, 6.07) is 1.95. The molecule has 0 aliphatic rings. The summed E-state index contributed by atoms with van der Waals surface area (Å²) in [5, 5.41) is 12.8. The van der Waals surface area contributed by atoms with E-state index in [1.54, 1.807) is 10.7 Å². The number of rotatable bonds is 5. The van der Waals surface area contributed by atoms with Crippen LogP contribution in [0, 0.1) is 6.92 Å². The Labute approximate surface area is 122 Å². The summed E-state index contributed by atoms with van der Waals surface area (Å²) in [5.74, 6) is -0.175. The highest BCUT2D eigenvalue weighted by atomic mass is 32.1. The van der Waals surface area contributed by atoms with Crippen molar-refractivity contribution in [2.75, 3.05) is 12.4 Å². The zero-order valence-corrected chi connectivity index (χ0v) is 12.9. The molecule has 2 N–H and O–H groups in total. The maximum absolute atomic E-state index is 12.2. The predicted octanol–water partition coefficient (Wildman–Crippen LogP) is 2.20. The summed E-state index contributed by atoms with van der Waals surface area (Å²) >= 11 is 1.42. The number of nitrogens with one attached hydrogen (secondary N) is 2. The van der Waals surface area contributed by atoms with E-state index in [0.29, 0.717) is 17.4 Å². The summed E-state index contributed by atoms with van der Waals surface area (Å²) in [6.07, 6.45) is 0. The topological polar surface area (TPSA) is 71.8 Å². The number of carbonyl (C=O) groups excluding carboxylic acids is 1. The van der Waals surface area contributed by atoms with E-state index in [1.165, 1.54) is 11.3 Å². The number of aromatic nitrogens is 3. The van der Waals surface area contributed by atoms with Crippen LogP contribution < -0.4 is 10.6 Å². The number of amides is 1. The van der Waals surface area contributed by atoms with Crippen LogP contribution in [0.3, 0.4) is 0 Å². The van der Waals surface area contributed by atoms with E-state index < -0.39 is 0 Å². The molecule has 0 fully saturated rings. The standard InChI is InChI=1S/C13H19N5OS/c1-5-18-11(6-8(2)17-18)12(19)16-13-15-10(7-20-13)9(3)14-4/h6-7,9,14H,5H2,1-4H3,(H,15,16,19). The molecule has 1 amide bonds. The number of nitrogens with zero attached hydrogens (tertiary/aromatic N) is 3. The number of carbonyl (C=O) groups is 1. The zero-order valence-electron chi connectivity index (χ0n) is 12.1. The molecule has 0 bridgehead atoms. The van der Waals surface area contributed by atoms with E-state index in [9.17, 15) is 4.79 Å². The van der Waals surface area contributed by atoms with Gasteiger partial charge >= 0.3 is 0 Å². The van der Waals surface area contributed by atoms with Gasteiger partial charge in [0.1, 0.15) is 5.69 Å². The second-order valence-corrected chi connectivity index (χ2v) is 5.39. The summed E-state index contributed by atoms with van der Waals surface area (Å²) in [7, 11) is 1.88. The Morgan fingerprint density at radius 2 is 2.30 bits per heavy atom. The van der Waals surface area contributed by atoms with Crippen LogP contribution in [0.5, 0.6) is 0 Å². The lowest BCUT2D eigenvalue weighted by atomic mass is 10.3. The smallest absolute Gasteiger partial charge is 0.275 e. The van der Waals surface area contributed by atoms with Gasteiger partial charge in [-0.1, -0.05) is 0 Å². The fourth-order valence-electron chi connectivity index (χ4n) is 1.82. The summed E-state index contributed by atoms with van der Waals surface area (Å²) in [4.78, 5) is 16.6. The average molecular weight is 293 g/mol. The van der Waals surface area contributed by atoms with Crippen molar-refractivity contribution in [3.63, 3.8) is 0 Å². The molecule has 7 heteroatoms. The lowest BCUT2D eigenvalue weighted by Crippen LogP contribution is -2.17. The van der Waals surface area contributed by atoms with E-state index in [4.69, 9.17) is 0 Å². The van der Waals surface area contributed by atoms with Crippen LogP contribution in [0.2, 0.25) is 0 Å². The molecule has 0 aliphatic heterocycles. The lowest BCUT2D eigenvalue weighted by molar-refractivity contribution is 0.101. The number of hydrogen-bond acceptors (Lipinski definition) is 5. The van der Waals surface area contributed by atoms with Gasteiger partial charge in [0.25, 0.3) is 5.91 Å². The molecule has 0 saturated carbocycles. The lowest BCUT2D eigenvalue weighted by Gasteiger charge is -2.06. The Morgan fingerprint density at radius 3 is 2.95 bits per heavy atom. The van der Waals surface area contributed by atoms with E-state index in [1.807, 2.05) is 33.2 Å². The number of aryl methyl sites for hydroxylation is 2. The molecule has 2 aromatic rings. The van der Waals surface area contributed by atoms with Gasteiger partial charge in [0.2, 0.25) is 0 Å². The van der Waals surface area contributed by atoms with Crippen LogP contribution in [0.1, 0.15) is 41.8 Å². The largest absolute Gasteiger partial charge is 0.312 e. The second-order valence-electron chi connectivity index (χ2n) is 4.53. The number of hydrogen-bond donors (Lipinski definition) is 2. The van der Waals surface area contributed by atoms with Crippen molar-refractivity contribution in [2.45, 2.75) is 33.4 Å². The first-order chi connectivity index (χ1) is 9.55. The maximum Gasteiger partial charge on any atom is 0.275 e.